The minimum atomic E-state index is 0.161. The fourth-order valence-electron chi connectivity index (χ4n) is 2.07. The summed E-state index contributed by atoms with van der Waals surface area (Å²) in [6.45, 7) is 4.52. The molecule has 0 aliphatic carbocycles. The molecule has 1 rings (SSSR count). The molecule has 17 heavy (non-hydrogen) atoms. The molecule has 4 heteroatoms. The highest BCUT2D eigenvalue weighted by Crippen LogP contribution is 2.37. The second-order valence-corrected chi connectivity index (χ2v) is 8.29. The van der Waals surface area contributed by atoms with Crippen molar-refractivity contribution in [3.05, 3.63) is 19.2 Å². The number of halogens is 2. The van der Waals surface area contributed by atoms with E-state index in [-0.39, 0.29) is 6.04 Å². The lowest BCUT2D eigenvalue weighted by Gasteiger charge is -2.19. The Balaban J connectivity index is 2.57. The Labute approximate surface area is 125 Å². The molecule has 0 saturated carbocycles. The van der Waals surface area contributed by atoms with Crippen molar-refractivity contribution in [2.24, 2.45) is 11.7 Å². The minimum absolute atomic E-state index is 0.161. The average Bonchev–Trinajstić information content (AvgIpc) is 2.63. The quantitative estimate of drug-likeness (QED) is 0.625. The van der Waals surface area contributed by atoms with E-state index in [1.807, 2.05) is 0 Å². The lowest BCUT2D eigenvalue weighted by molar-refractivity contribution is 0.388. The number of thiophene rings is 1. The lowest BCUT2D eigenvalue weighted by Crippen LogP contribution is -2.15. The van der Waals surface area contributed by atoms with E-state index in [4.69, 9.17) is 5.73 Å². The molecule has 2 atom stereocenters. The summed E-state index contributed by atoms with van der Waals surface area (Å²) >= 11 is 8.80. The summed E-state index contributed by atoms with van der Waals surface area (Å²) in [4.78, 5) is 0. The molecule has 0 aromatic carbocycles. The zero-order valence-electron chi connectivity index (χ0n) is 10.5. The molecule has 1 heterocycles. The molecule has 0 aliphatic heterocycles. The van der Waals surface area contributed by atoms with Gasteiger partial charge in [-0.25, -0.2) is 0 Å². The Bertz CT molecular complexity index is 338. The first-order chi connectivity index (χ1) is 8.08. The fraction of sp³-hybridized carbons (Fsp3) is 0.692. The van der Waals surface area contributed by atoms with Crippen LogP contribution in [0.1, 0.15) is 57.6 Å². The highest BCUT2D eigenvalue weighted by Gasteiger charge is 2.17. The van der Waals surface area contributed by atoms with E-state index in [1.54, 1.807) is 11.3 Å². The Morgan fingerprint density at radius 1 is 1.35 bits per heavy atom. The number of rotatable bonds is 7. The molecule has 0 spiro atoms. The summed E-state index contributed by atoms with van der Waals surface area (Å²) in [7, 11) is 0. The van der Waals surface area contributed by atoms with Crippen molar-refractivity contribution in [3.63, 3.8) is 0 Å². The molecular formula is C13H21Br2NS. The molecule has 0 bridgehead atoms. The van der Waals surface area contributed by atoms with Crippen molar-refractivity contribution in [2.45, 2.75) is 52.0 Å². The Kier molecular flexibility index (Phi) is 7.31. The van der Waals surface area contributed by atoms with Crippen LogP contribution in [0.4, 0.5) is 0 Å². The normalized spacial score (nSPS) is 14.9. The number of unbranched alkanes of at least 4 members (excludes halogenated alkanes) is 1. The fourth-order valence-corrected chi connectivity index (χ4v) is 5.07. The maximum atomic E-state index is 6.31. The predicted molar refractivity (Wildman–Crippen MR) is 84.6 cm³/mol. The summed E-state index contributed by atoms with van der Waals surface area (Å²) in [6, 6.07) is 2.31. The highest BCUT2D eigenvalue weighted by molar-refractivity contribution is 9.12. The molecule has 1 aromatic rings. The Hall–Kier alpha value is 0.620. The number of nitrogens with two attached hydrogens (primary N) is 1. The van der Waals surface area contributed by atoms with Crippen molar-refractivity contribution in [1.29, 1.82) is 0 Å². The van der Waals surface area contributed by atoms with E-state index in [1.165, 1.54) is 35.0 Å². The maximum Gasteiger partial charge on any atom is 0.0758 e. The smallest absolute Gasteiger partial charge is 0.0758 e. The summed E-state index contributed by atoms with van der Waals surface area (Å²) in [5.74, 6) is 0.760. The van der Waals surface area contributed by atoms with Gasteiger partial charge in [-0.3, -0.25) is 0 Å². The maximum absolute atomic E-state index is 6.31. The van der Waals surface area contributed by atoms with Crippen LogP contribution >= 0.6 is 43.2 Å². The number of hydrogen-bond donors (Lipinski definition) is 1. The molecule has 0 aliphatic rings. The van der Waals surface area contributed by atoms with Crippen LogP contribution in [-0.2, 0) is 0 Å². The van der Waals surface area contributed by atoms with Gasteiger partial charge in [0.15, 0.2) is 0 Å². The molecule has 0 fully saturated rings. The molecular weight excluding hydrogens is 362 g/mol. The largest absolute Gasteiger partial charge is 0.324 e. The van der Waals surface area contributed by atoms with Gasteiger partial charge in [0.25, 0.3) is 0 Å². The van der Waals surface area contributed by atoms with Gasteiger partial charge in [-0.1, -0.05) is 39.5 Å². The van der Waals surface area contributed by atoms with Crippen molar-refractivity contribution in [1.82, 2.24) is 0 Å². The molecule has 0 radical (unpaired) electrons. The molecule has 1 nitrogen and oxygen atoms in total. The standard InChI is InChI=1S/C13H21Br2NS/c1-3-5-6-9(4-2)7-11(16)10-8-12(14)17-13(10)15/h8-9,11H,3-7,16H2,1-2H3. The van der Waals surface area contributed by atoms with Crippen molar-refractivity contribution in [3.8, 4) is 0 Å². The van der Waals surface area contributed by atoms with Gasteiger partial charge >= 0.3 is 0 Å². The first-order valence-corrected chi connectivity index (χ1v) is 8.69. The summed E-state index contributed by atoms with van der Waals surface area (Å²) in [5, 5.41) is 0. The predicted octanol–water partition coefficient (Wildman–Crippen LogP) is 5.88. The van der Waals surface area contributed by atoms with Crippen molar-refractivity contribution in [2.75, 3.05) is 0 Å². The van der Waals surface area contributed by atoms with E-state index in [0.29, 0.717) is 0 Å². The zero-order chi connectivity index (χ0) is 12.8. The van der Waals surface area contributed by atoms with Crippen LogP contribution < -0.4 is 5.73 Å². The third kappa shape index (κ3) is 5.01. The summed E-state index contributed by atoms with van der Waals surface area (Å²) < 4.78 is 2.32. The minimum Gasteiger partial charge on any atom is -0.324 e. The second-order valence-electron chi connectivity index (χ2n) is 4.54. The third-order valence-corrected chi connectivity index (χ3v) is 5.60. The van der Waals surface area contributed by atoms with Crippen LogP contribution in [0.2, 0.25) is 0 Å². The van der Waals surface area contributed by atoms with Gasteiger partial charge in [0.2, 0.25) is 0 Å². The monoisotopic (exact) mass is 381 g/mol. The van der Waals surface area contributed by atoms with E-state index < -0.39 is 0 Å². The topological polar surface area (TPSA) is 26.0 Å². The zero-order valence-corrected chi connectivity index (χ0v) is 14.5. The van der Waals surface area contributed by atoms with Crippen LogP contribution in [0.5, 0.6) is 0 Å². The van der Waals surface area contributed by atoms with E-state index in [0.717, 1.165) is 16.1 Å². The van der Waals surface area contributed by atoms with Crippen LogP contribution in [-0.4, -0.2) is 0 Å². The van der Waals surface area contributed by atoms with Gasteiger partial charge < -0.3 is 5.73 Å². The second kappa shape index (κ2) is 7.93. The molecule has 1 aromatic heterocycles. The average molecular weight is 383 g/mol. The van der Waals surface area contributed by atoms with Gasteiger partial charge in [-0.05, 0) is 55.8 Å². The van der Waals surface area contributed by atoms with Crippen LogP contribution in [0, 0.1) is 5.92 Å². The van der Waals surface area contributed by atoms with Crippen LogP contribution in [0.25, 0.3) is 0 Å². The molecule has 2 N–H and O–H groups in total. The first kappa shape index (κ1) is 15.7. The molecule has 0 amide bonds. The van der Waals surface area contributed by atoms with Crippen LogP contribution in [0.15, 0.2) is 13.6 Å². The van der Waals surface area contributed by atoms with Gasteiger partial charge in [-0.2, -0.15) is 0 Å². The van der Waals surface area contributed by atoms with Crippen molar-refractivity contribution < 1.29 is 0 Å². The van der Waals surface area contributed by atoms with Gasteiger partial charge in [-0.15, -0.1) is 11.3 Å². The van der Waals surface area contributed by atoms with E-state index in [9.17, 15) is 0 Å². The van der Waals surface area contributed by atoms with Gasteiger partial charge in [0.1, 0.15) is 0 Å². The van der Waals surface area contributed by atoms with Crippen LogP contribution in [0.3, 0.4) is 0 Å². The third-order valence-electron chi connectivity index (χ3n) is 3.21. The molecule has 2 unspecified atom stereocenters. The Morgan fingerprint density at radius 3 is 2.53 bits per heavy atom. The van der Waals surface area contributed by atoms with Crippen molar-refractivity contribution >= 4 is 43.2 Å². The summed E-state index contributed by atoms with van der Waals surface area (Å²) in [5.41, 5.74) is 7.56. The van der Waals surface area contributed by atoms with E-state index in [2.05, 4.69) is 51.8 Å². The summed E-state index contributed by atoms with van der Waals surface area (Å²) in [6.07, 6.45) is 6.23. The molecule has 0 saturated heterocycles. The first-order valence-electron chi connectivity index (χ1n) is 6.28. The lowest BCUT2D eigenvalue weighted by atomic mass is 9.90. The Morgan fingerprint density at radius 2 is 2.06 bits per heavy atom. The van der Waals surface area contributed by atoms with Gasteiger partial charge in [0, 0.05) is 6.04 Å². The van der Waals surface area contributed by atoms with E-state index >= 15 is 0 Å². The van der Waals surface area contributed by atoms with Gasteiger partial charge in [0.05, 0.1) is 7.57 Å². The molecule has 98 valence electrons. The highest BCUT2D eigenvalue weighted by atomic mass is 79.9. The SMILES string of the molecule is CCCCC(CC)CC(N)c1cc(Br)sc1Br. The number of hydrogen-bond acceptors (Lipinski definition) is 2.